The molecule has 3 aromatic rings. The molecule has 0 radical (unpaired) electrons. The lowest BCUT2D eigenvalue weighted by Crippen LogP contribution is -2.22. The fourth-order valence-corrected chi connectivity index (χ4v) is 3.86. The van der Waals surface area contributed by atoms with Crippen molar-refractivity contribution in [2.45, 2.75) is 18.8 Å². The second-order valence-electron chi connectivity index (χ2n) is 7.50. The molecule has 33 heavy (non-hydrogen) atoms. The number of anilines is 1. The minimum Gasteiger partial charge on any atom is -0.493 e. The smallest absolute Gasteiger partial charge is 0.258 e. The minimum atomic E-state index is -0.480. The minimum absolute atomic E-state index is 0.0695. The number of methoxy groups -OCH3 is 3. The van der Waals surface area contributed by atoms with Gasteiger partial charge in [-0.15, -0.1) is 0 Å². The standard InChI is InChI=1S/C24H22FN3O5/c1-31-20-10-15(11-21(32-2)22(20)33-3)23(30)28-24-26-12-17-18(27-24)8-14(9-19(17)29)13-4-6-16(25)7-5-13/h4-7,10-12,14H,8-9H2,1-3H3,(H,26,27,28,30). The first-order valence-electron chi connectivity index (χ1n) is 10.2. The lowest BCUT2D eigenvalue weighted by Gasteiger charge is -2.23. The second kappa shape index (κ2) is 9.23. The van der Waals surface area contributed by atoms with Crippen LogP contribution in [0.2, 0.25) is 0 Å². The molecule has 2 aromatic carbocycles. The molecule has 170 valence electrons. The third kappa shape index (κ3) is 4.48. The van der Waals surface area contributed by atoms with Gasteiger partial charge in [0.2, 0.25) is 11.7 Å². The summed E-state index contributed by atoms with van der Waals surface area (Å²) in [7, 11) is 4.39. The quantitative estimate of drug-likeness (QED) is 0.608. The number of hydrogen-bond donors (Lipinski definition) is 1. The van der Waals surface area contributed by atoms with Crippen LogP contribution in [0.1, 0.15) is 44.3 Å². The Kier molecular flexibility index (Phi) is 6.21. The Labute approximate surface area is 189 Å². The number of halogens is 1. The van der Waals surface area contributed by atoms with Gasteiger partial charge in [-0.25, -0.2) is 14.4 Å². The number of Topliss-reactive ketones (excluding diaryl/α,β-unsaturated/α-hetero) is 1. The summed E-state index contributed by atoms with van der Waals surface area (Å²) in [6, 6.07) is 9.13. The molecule has 1 heterocycles. The Morgan fingerprint density at radius 2 is 1.70 bits per heavy atom. The zero-order chi connectivity index (χ0) is 23.5. The van der Waals surface area contributed by atoms with Crippen LogP contribution < -0.4 is 19.5 Å². The number of amides is 1. The second-order valence-corrected chi connectivity index (χ2v) is 7.50. The third-order valence-corrected chi connectivity index (χ3v) is 5.53. The lowest BCUT2D eigenvalue weighted by atomic mass is 9.82. The molecule has 1 aliphatic carbocycles. The van der Waals surface area contributed by atoms with Crippen LogP contribution in [0.15, 0.2) is 42.6 Å². The van der Waals surface area contributed by atoms with Crippen molar-refractivity contribution in [2.75, 3.05) is 26.6 Å². The van der Waals surface area contributed by atoms with E-state index < -0.39 is 5.91 Å². The molecule has 0 spiro atoms. The molecule has 1 atom stereocenters. The van der Waals surface area contributed by atoms with E-state index in [0.29, 0.717) is 41.3 Å². The molecule has 0 fully saturated rings. The van der Waals surface area contributed by atoms with Gasteiger partial charge in [-0.2, -0.15) is 0 Å². The normalized spacial score (nSPS) is 14.9. The number of ketones is 1. The van der Waals surface area contributed by atoms with Crippen molar-refractivity contribution in [3.05, 3.63) is 70.8 Å². The molecule has 1 aliphatic rings. The van der Waals surface area contributed by atoms with E-state index in [-0.39, 0.29) is 29.0 Å². The van der Waals surface area contributed by atoms with Crippen molar-refractivity contribution in [1.29, 1.82) is 0 Å². The highest BCUT2D eigenvalue weighted by Gasteiger charge is 2.28. The van der Waals surface area contributed by atoms with Crippen LogP contribution >= 0.6 is 0 Å². The van der Waals surface area contributed by atoms with Crippen molar-refractivity contribution in [1.82, 2.24) is 9.97 Å². The number of aromatic nitrogens is 2. The number of nitrogens with zero attached hydrogens (tertiary/aromatic N) is 2. The summed E-state index contributed by atoms with van der Waals surface area (Å²) in [4.78, 5) is 34.0. The van der Waals surface area contributed by atoms with E-state index in [1.165, 1.54) is 51.8 Å². The fraction of sp³-hybridized carbons (Fsp3) is 0.250. The third-order valence-electron chi connectivity index (χ3n) is 5.53. The van der Waals surface area contributed by atoms with Crippen LogP contribution in [0, 0.1) is 5.82 Å². The van der Waals surface area contributed by atoms with E-state index in [0.717, 1.165) is 5.56 Å². The van der Waals surface area contributed by atoms with Crippen molar-refractivity contribution < 1.29 is 28.2 Å². The van der Waals surface area contributed by atoms with Crippen LogP contribution in [0.3, 0.4) is 0 Å². The zero-order valence-corrected chi connectivity index (χ0v) is 18.3. The largest absolute Gasteiger partial charge is 0.493 e. The monoisotopic (exact) mass is 451 g/mol. The molecule has 0 saturated carbocycles. The van der Waals surface area contributed by atoms with Gasteiger partial charge in [0.05, 0.1) is 32.6 Å². The molecule has 1 amide bonds. The summed E-state index contributed by atoms with van der Waals surface area (Å²) in [6.07, 6.45) is 2.19. The van der Waals surface area contributed by atoms with E-state index in [9.17, 15) is 14.0 Å². The summed E-state index contributed by atoms with van der Waals surface area (Å²) in [5, 5.41) is 2.65. The maximum Gasteiger partial charge on any atom is 0.258 e. The van der Waals surface area contributed by atoms with Crippen molar-refractivity contribution >= 4 is 17.6 Å². The number of carbonyl (C=O) groups is 2. The number of fused-ring (bicyclic) bond motifs is 1. The first-order valence-corrected chi connectivity index (χ1v) is 10.2. The van der Waals surface area contributed by atoms with E-state index >= 15 is 0 Å². The molecule has 1 N–H and O–H groups in total. The van der Waals surface area contributed by atoms with E-state index in [1.54, 1.807) is 12.1 Å². The van der Waals surface area contributed by atoms with Crippen LogP contribution in [-0.4, -0.2) is 43.0 Å². The van der Waals surface area contributed by atoms with Gasteiger partial charge >= 0.3 is 0 Å². The molecule has 9 heteroatoms. The number of benzene rings is 2. The number of nitrogens with one attached hydrogen (secondary N) is 1. The van der Waals surface area contributed by atoms with E-state index in [2.05, 4.69) is 15.3 Å². The first-order chi connectivity index (χ1) is 15.9. The van der Waals surface area contributed by atoms with Gasteiger partial charge in [-0.05, 0) is 42.2 Å². The summed E-state index contributed by atoms with van der Waals surface area (Å²) >= 11 is 0. The highest BCUT2D eigenvalue weighted by molar-refractivity contribution is 6.04. The first kappa shape index (κ1) is 22.2. The maximum absolute atomic E-state index is 13.3. The summed E-state index contributed by atoms with van der Waals surface area (Å²) in [5.74, 6) is 0.0771. The summed E-state index contributed by atoms with van der Waals surface area (Å²) in [6.45, 7) is 0. The topological polar surface area (TPSA) is 99.6 Å². The Morgan fingerprint density at radius 1 is 1.03 bits per heavy atom. The van der Waals surface area contributed by atoms with Crippen LogP contribution in [0.4, 0.5) is 10.3 Å². The molecule has 4 rings (SSSR count). The molecule has 8 nitrogen and oxygen atoms in total. The van der Waals surface area contributed by atoms with Gasteiger partial charge < -0.3 is 14.2 Å². The van der Waals surface area contributed by atoms with Gasteiger partial charge in [0.15, 0.2) is 17.3 Å². The summed E-state index contributed by atoms with van der Waals surface area (Å²) < 4.78 is 29.1. The van der Waals surface area contributed by atoms with Crippen LogP contribution in [0.5, 0.6) is 17.2 Å². The number of hydrogen-bond acceptors (Lipinski definition) is 7. The van der Waals surface area contributed by atoms with Crippen LogP contribution in [-0.2, 0) is 6.42 Å². The van der Waals surface area contributed by atoms with Gasteiger partial charge in [0.25, 0.3) is 5.91 Å². The molecule has 1 aromatic heterocycles. The Morgan fingerprint density at radius 3 is 2.30 bits per heavy atom. The Hall–Kier alpha value is -4.01. The fourth-order valence-electron chi connectivity index (χ4n) is 3.86. The highest BCUT2D eigenvalue weighted by atomic mass is 19.1. The van der Waals surface area contributed by atoms with E-state index in [4.69, 9.17) is 14.2 Å². The van der Waals surface area contributed by atoms with E-state index in [1.807, 2.05) is 0 Å². The molecular formula is C24H22FN3O5. The molecular weight excluding hydrogens is 429 g/mol. The van der Waals surface area contributed by atoms with Crippen molar-refractivity contribution in [2.24, 2.45) is 0 Å². The zero-order valence-electron chi connectivity index (χ0n) is 18.3. The van der Waals surface area contributed by atoms with Gasteiger partial charge in [-0.1, -0.05) is 12.1 Å². The molecule has 0 bridgehead atoms. The van der Waals surface area contributed by atoms with Gasteiger partial charge in [0, 0.05) is 18.2 Å². The number of carbonyl (C=O) groups excluding carboxylic acids is 2. The number of ether oxygens (including phenoxy) is 3. The molecule has 0 saturated heterocycles. The molecule has 0 aliphatic heterocycles. The molecule has 1 unspecified atom stereocenters. The maximum atomic E-state index is 13.3. The lowest BCUT2D eigenvalue weighted by molar-refractivity contribution is 0.0962. The highest BCUT2D eigenvalue weighted by Crippen LogP contribution is 2.38. The summed E-state index contributed by atoms with van der Waals surface area (Å²) in [5.41, 5.74) is 2.08. The number of rotatable bonds is 6. The Bertz CT molecular complexity index is 1190. The average molecular weight is 451 g/mol. The van der Waals surface area contributed by atoms with Crippen LogP contribution in [0.25, 0.3) is 0 Å². The Balaban J connectivity index is 1.58. The van der Waals surface area contributed by atoms with Gasteiger partial charge in [0.1, 0.15) is 5.82 Å². The SMILES string of the molecule is COc1cc(C(=O)Nc2ncc3c(n2)CC(c2ccc(F)cc2)CC3=O)cc(OC)c1OC. The predicted octanol–water partition coefficient (Wildman–Crippen LogP) is 3.81. The van der Waals surface area contributed by atoms with Gasteiger partial charge in [-0.3, -0.25) is 14.9 Å². The predicted molar refractivity (Wildman–Crippen MR) is 118 cm³/mol. The van der Waals surface area contributed by atoms with Crippen molar-refractivity contribution in [3.8, 4) is 17.2 Å². The average Bonchev–Trinajstić information content (AvgIpc) is 2.83. The van der Waals surface area contributed by atoms with Crippen molar-refractivity contribution in [3.63, 3.8) is 0 Å².